The maximum atomic E-state index is 13.4. The molecule has 6 N–H and O–H groups in total. The van der Waals surface area contributed by atoms with E-state index in [0.717, 1.165) is 12.0 Å². The summed E-state index contributed by atoms with van der Waals surface area (Å²) in [5, 5.41) is 14.4. The molecule has 5 saturated carbocycles. The molecular weight excluding hydrogens is 717 g/mol. The summed E-state index contributed by atoms with van der Waals surface area (Å²) in [5.41, 5.74) is 0. The second kappa shape index (κ2) is 15.2. The van der Waals surface area contributed by atoms with Crippen LogP contribution in [0.5, 0.6) is 0 Å². The molecule has 5 fully saturated rings. The van der Waals surface area contributed by atoms with Crippen molar-refractivity contribution in [3.63, 3.8) is 0 Å². The Morgan fingerprint density at radius 1 is 0.604 bits per heavy atom. The minimum atomic E-state index is -4.55. The Kier molecular flexibility index (Phi) is 12.1. The normalized spacial score (nSPS) is 39.4. The lowest BCUT2D eigenvalue weighted by Gasteiger charge is -2.45. The van der Waals surface area contributed by atoms with E-state index in [1.54, 1.807) is 0 Å². The molecule has 16 nitrogen and oxygen atoms in total. The average molecular weight is 763 g/mol. The van der Waals surface area contributed by atoms with E-state index in [0.29, 0.717) is 70.6 Å². The summed E-state index contributed by atoms with van der Waals surface area (Å²) in [4.78, 5) is 26.8. The van der Waals surface area contributed by atoms with Gasteiger partial charge in [-0.05, 0) is 107 Å². The van der Waals surface area contributed by atoms with Crippen LogP contribution in [-0.4, -0.2) is 89.1 Å². The van der Waals surface area contributed by atoms with E-state index < -0.39 is 69.8 Å². The molecule has 12 atom stereocenters. The fraction of sp³-hybridized carbons (Fsp3) is 0.929. The lowest BCUT2D eigenvalue weighted by atomic mass is 9.68. The van der Waals surface area contributed by atoms with Crippen LogP contribution in [0.4, 0.5) is 0 Å². The maximum absolute atomic E-state index is 13.4. The summed E-state index contributed by atoms with van der Waals surface area (Å²) < 4.78 is 106. The monoisotopic (exact) mass is 762 g/mol. The smallest absolute Gasteiger partial charge is 0.268 e. The zero-order valence-electron chi connectivity index (χ0n) is 26.3. The van der Waals surface area contributed by atoms with Crippen molar-refractivity contribution in [2.45, 2.75) is 123 Å². The van der Waals surface area contributed by atoms with E-state index in [2.05, 4.69) is 20.0 Å². The predicted molar refractivity (Wildman–Crippen MR) is 172 cm³/mol. The Hall–Kier alpha value is -1.10. The zero-order valence-corrected chi connectivity index (χ0v) is 29.6. The van der Waals surface area contributed by atoms with Gasteiger partial charge in [0, 0.05) is 41.2 Å². The minimum absolute atomic E-state index is 0.0388. The highest BCUT2D eigenvalue weighted by molar-refractivity contribution is 7.95. The van der Waals surface area contributed by atoms with E-state index in [9.17, 15) is 48.5 Å². The van der Waals surface area contributed by atoms with Gasteiger partial charge in [-0.15, -0.1) is 4.33 Å². The molecule has 20 heteroatoms. The molecule has 276 valence electrons. The van der Waals surface area contributed by atoms with Crippen LogP contribution < -0.4 is 10.6 Å². The van der Waals surface area contributed by atoms with Crippen LogP contribution in [-0.2, 0) is 49.3 Å². The first-order valence-electron chi connectivity index (χ1n) is 16.6. The topological polar surface area (TPSA) is 260 Å². The summed E-state index contributed by atoms with van der Waals surface area (Å²) in [6, 6.07) is -0.554. The van der Waals surface area contributed by atoms with Crippen molar-refractivity contribution in [2.24, 2.45) is 35.5 Å². The molecule has 0 spiro atoms. The maximum Gasteiger partial charge on any atom is 0.268 e. The molecule has 0 bridgehead atoms. The van der Waals surface area contributed by atoms with E-state index in [4.69, 9.17) is 5.26 Å². The van der Waals surface area contributed by atoms with Gasteiger partial charge in [-0.3, -0.25) is 23.2 Å². The zero-order chi connectivity index (χ0) is 35.0. The fourth-order valence-electron chi connectivity index (χ4n) is 9.48. The quantitative estimate of drug-likeness (QED) is 0.0808. The van der Waals surface area contributed by atoms with Crippen LogP contribution in [0.15, 0.2) is 0 Å². The van der Waals surface area contributed by atoms with Crippen molar-refractivity contribution in [3.05, 3.63) is 0 Å². The molecule has 0 heterocycles. The van der Waals surface area contributed by atoms with Crippen molar-refractivity contribution in [3.8, 4) is 0 Å². The van der Waals surface area contributed by atoms with Crippen molar-refractivity contribution in [1.82, 2.24) is 10.6 Å². The average Bonchev–Trinajstić information content (AvgIpc) is 3.01. The molecule has 0 aromatic heterocycles. The van der Waals surface area contributed by atoms with Gasteiger partial charge in [-0.1, -0.05) is 11.5 Å². The Morgan fingerprint density at radius 3 is 1.58 bits per heavy atom. The number of carbonyl (C=O) groups is 2. The third kappa shape index (κ3) is 9.22. The van der Waals surface area contributed by atoms with Crippen LogP contribution in [0.2, 0.25) is 0 Å². The summed E-state index contributed by atoms with van der Waals surface area (Å²) in [6.45, 7) is 0. The van der Waals surface area contributed by atoms with Gasteiger partial charge >= 0.3 is 0 Å². The largest absolute Gasteiger partial charge is 0.353 e. The van der Waals surface area contributed by atoms with Gasteiger partial charge in [0.05, 0.1) is 15.7 Å². The third-order valence-corrected chi connectivity index (χ3v) is 16.3. The van der Waals surface area contributed by atoms with Crippen molar-refractivity contribution in [2.75, 3.05) is 0 Å². The van der Waals surface area contributed by atoms with E-state index in [1.807, 2.05) is 0 Å². The minimum Gasteiger partial charge on any atom is -0.353 e. The van der Waals surface area contributed by atoms with E-state index in [1.165, 1.54) is 0 Å². The van der Waals surface area contributed by atoms with Gasteiger partial charge in [0.1, 0.15) is 0 Å². The van der Waals surface area contributed by atoms with Crippen LogP contribution in [0.25, 0.3) is 0 Å². The Balaban J connectivity index is 1.14. The van der Waals surface area contributed by atoms with Gasteiger partial charge in [-0.2, -0.15) is 25.3 Å². The second-order valence-corrected chi connectivity index (χ2v) is 20.5. The number of fused-ring (bicyclic) bond motifs is 2. The predicted octanol–water partition coefficient (Wildman–Crippen LogP) is 2.39. The van der Waals surface area contributed by atoms with E-state index >= 15 is 0 Å². The highest BCUT2D eigenvalue weighted by Gasteiger charge is 2.50. The molecule has 0 aromatic carbocycles. The standard InChI is InChI=1S/C28H46N2O14S4/c31-27(29-19-4-6-23-17(9-19)11-21(45-44-43-33)13-25(23)47(37,38)39)15-2-1-3-16(8-15)28(32)30-20-5-7-24-18(10-20)12-22(46(34,35)36)14-26(24)48(40,41)42/h15-26,33H,1-14H2,(H,29,31)(H,30,32)(H,34,35,36)(H,37,38,39)(H,40,41,42). The summed E-state index contributed by atoms with van der Waals surface area (Å²) in [7, 11) is -13.4. The van der Waals surface area contributed by atoms with Crippen LogP contribution in [0, 0.1) is 35.5 Å². The Bertz CT molecular complexity index is 1510. The molecule has 0 radical (unpaired) electrons. The SMILES string of the molecule is O=C(NC1CCC2C(C1)CC(SOOO)CC2S(=O)(=O)O)C1CCCC(C(=O)NC2CCC3C(C2)CC(S(=O)(=O)O)CC3S(=O)(=O)O)C1. The number of hydrogen-bond donors (Lipinski definition) is 6. The number of hydrogen-bond acceptors (Lipinski definition) is 12. The van der Waals surface area contributed by atoms with Crippen LogP contribution in [0.3, 0.4) is 0 Å². The summed E-state index contributed by atoms with van der Waals surface area (Å²) in [5.74, 6) is -2.52. The third-order valence-electron chi connectivity index (χ3n) is 11.7. The van der Waals surface area contributed by atoms with Gasteiger partial charge in [-0.25, -0.2) is 5.26 Å². The first kappa shape index (κ1) is 38.1. The molecule has 12 unspecified atom stereocenters. The number of carbonyl (C=O) groups excluding carboxylic acids is 2. The molecule has 0 saturated heterocycles. The Morgan fingerprint density at radius 2 is 1.10 bits per heavy atom. The van der Waals surface area contributed by atoms with Gasteiger partial charge in [0.15, 0.2) is 0 Å². The van der Waals surface area contributed by atoms with Gasteiger partial charge in [0.25, 0.3) is 30.4 Å². The van der Waals surface area contributed by atoms with Gasteiger partial charge < -0.3 is 10.6 Å². The number of rotatable bonds is 10. The molecule has 5 rings (SSSR count). The van der Waals surface area contributed by atoms with Crippen LogP contribution in [0.1, 0.15) is 89.9 Å². The van der Waals surface area contributed by atoms with Gasteiger partial charge in [0.2, 0.25) is 11.8 Å². The molecule has 2 amide bonds. The molecule has 5 aliphatic carbocycles. The van der Waals surface area contributed by atoms with Crippen molar-refractivity contribution in [1.29, 1.82) is 0 Å². The highest BCUT2D eigenvalue weighted by Crippen LogP contribution is 2.47. The Labute approximate surface area is 285 Å². The van der Waals surface area contributed by atoms with Crippen molar-refractivity contribution >= 4 is 54.2 Å². The first-order valence-corrected chi connectivity index (χ1v) is 21.9. The molecular formula is C28H46N2O14S4. The summed E-state index contributed by atoms with van der Waals surface area (Å²) in [6.07, 6.45) is 5.26. The van der Waals surface area contributed by atoms with Crippen LogP contribution >= 0.6 is 12.0 Å². The van der Waals surface area contributed by atoms with E-state index in [-0.39, 0.29) is 60.2 Å². The first-order chi connectivity index (χ1) is 22.4. The fourth-order valence-corrected chi connectivity index (χ4v) is 14.0. The molecule has 0 aliphatic heterocycles. The highest BCUT2D eigenvalue weighted by atomic mass is 32.2. The number of nitrogens with one attached hydrogen (secondary N) is 2. The second-order valence-electron chi connectivity index (χ2n) is 14.5. The molecule has 5 aliphatic rings. The lowest BCUT2D eigenvalue weighted by molar-refractivity contribution is -0.432. The molecule has 0 aromatic rings. The molecule has 48 heavy (non-hydrogen) atoms. The summed E-state index contributed by atoms with van der Waals surface area (Å²) >= 11 is 0.792. The number of amides is 2. The lowest BCUT2D eigenvalue weighted by Crippen LogP contribution is -2.52. The van der Waals surface area contributed by atoms with Crippen molar-refractivity contribution < 1.29 is 63.1 Å².